The third-order valence-corrected chi connectivity index (χ3v) is 5.34. The van der Waals surface area contributed by atoms with Crippen LogP contribution in [0.15, 0.2) is 0 Å². The number of aliphatic hydroxyl groups excluding tert-OH is 1. The Kier molecular flexibility index (Phi) is 2.54. The van der Waals surface area contributed by atoms with E-state index < -0.39 is 0 Å². The number of rotatable bonds is 1. The van der Waals surface area contributed by atoms with Gasteiger partial charge in [0.25, 0.3) is 0 Å². The van der Waals surface area contributed by atoms with Gasteiger partial charge in [-0.3, -0.25) is 4.90 Å². The minimum Gasteiger partial charge on any atom is -0.391 e. The van der Waals surface area contributed by atoms with Crippen molar-refractivity contribution in [3.8, 4) is 0 Å². The average molecular weight is 225 g/mol. The van der Waals surface area contributed by atoms with Crippen LogP contribution in [0, 0.1) is 17.3 Å². The molecule has 0 aromatic rings. The lowest BCUT2D eigenvalue weighted by Crippen LogP contribution is -2.51. The molecule has 2 saturated carbocycles. The Morgan fingerprint density at radius 2 is 1.75 bits per heavy atom. The van der Waals surface area contributed by atoms with Crippen molar-refractivity contribution in [2.24, 2.45) is 17.3 Å². The Balaban J connectivity index is 1.81. The SMILES string of the molecule is CC1(C)[C@@H]2CC[C@H]1[C@H](O)[C@@H]2N1CCOCC1. The van der Waals surface area contributed by atoms with Gasteiger partial charge in [-0.1, -0.05) is 13.8 Å². The van der Waals surface area contributed by atoms with E-state index in [1.54, 1.807) is 0 Å². The number of fused-ring (bicyclic) bond motifs is 2. The number of ether oxygens (including phenoxy) is 1. The van der Waals surface area contributed by atoms with Crippen LogP contribution in [0.5, 0.6) is 0 Å². The molecule has 2 aliphatic carbocycles. The highest BCUT2D eigenvalue weighted by atomic mass is 16.5. The van der Waals surface area contributed by atoms with Crippen LogP contribution in [0.25, 0.3) is 0 Å². The van der Waals surface area contributed by atoms with Crippen molar-refractivity contribution < 1.29 is 9.84 Å². The van der Waals surface area contributed by atoms with Crippen LogP contribution in [0.3, 0.4) is 0 Å². The molecule has 1 saturated heterocycles. The molecule has 3 aliphatic rings. The first kappa shape index (κ1) is 11.0. The van der Waals surface area contributed by atoms with Crippen LogP contribution in [-0.2, 0) is 4.74 Å². The Labute approximate surface area is 97.8 Å². The minimum absolute atomic E-state index is 0.105. The smallest absolute Gasteiger partial charge is 0.0731 e. The molecule has 0 aromatic heterocycles. The van der Waals surface area contributed by atoms with Crippen molar-refractivity contribution in [1.29, 1.82) is 0 Å². The summed E-state index contributed by atoms with van der Waals surface area (Å²) in [7, 11) is 0. The molecule has 92 valence electrons. The standard InChI is InChI=1S/C13H23NO2/c1-13(2)9-3-4-10(13)12(15)11(9)14-5-7-16-8-6-14/h9-12,15H,3-8H2,1-2H3/t9-,10+,11-,12+/m1/s1. The summed E-state index contributed by atoms with van der Waals surface area (Å²) in [6.45, 7) is 8.36. The fourth-order valence-corrected chi connectivity index (χ4v) is 4.42. The van der Waals surface area contributed by atoms with Gasteiger partial charge in [0.05, 0.1) is 19.3 Å². The van der Waals surface area contributed by atoms with Gasteiger partial charge in [-0.25, -0.2) is 0 Å². The van der Waals surface area contributed by atoms with E-state index in [0.717, 1.165) is 26.3 Å². The predicted octanol–water partition coefficient (Wildman–Crippen LogP) is 1.11. The van der Waals surface area contributed by atoms with Gasteiger partial charge < -0.3 is 9.84 Å². The fraction of sp³-hybridized carbons (Fsp3) is 1.00. The second kappa shape index (κ2) is 3.69. The summed E-state index contributed by atoms with van der Waals surface area (Å²) in [4.78, 5) is 2.47. The largest absolute Gasteiger partial charge is 0.391 e. The van der Waals surface area contributed by atoms with Gasteiger partial charge in [0.2, 0.25) is 0 Å². The zero-order valence-corrected chi connectivity index (χ0v) is 10.4. The Morgan fingerprint density at radius 1 is 1.12 bits per heavy atom. The zero-order chi connectivity index (χ0) is 11.3. The van der Waals surface area contributed by atoms with E-state index in [2.05, 4.69) is 18.7 Å². The summed E-state index contributed by atoms with van der Waals surface area (Å²) < 4.78 is 5.40. The summed E-state index contributed by atoms with van der Waals surface area (Å²) in [5.41, 5.74) is 0.336. The molecular weight excluding hydrogens is 202 g/mol. The third kappa shape index (κ3) is 1.38. The highest BCUT2D eigenvalue weighted by molar-refractivity contribution is 5.11. The number of morpholine rings is 1. The molecule has 4 atom stereocenters. The van der Waals surface area contributed by atoms with Gasteiger partial charge in [-0.15, -0.1) is 0 Å². The number of aliphatic hydroxyl groups is 1. The molecule has 3 heteroatoms. The van der Waals surface area contributed by atoms with Crippen LogP contribution in [-0.4, -0.2) is 48.5 Å². The van der Waals surface area contributed by atoms with Crippen LogP contribution < -0.4 is 0 Å². The van der Waals surface area contributed by atoms with Crippen molar-refractivity contribution in [3.05, 3.63) is 0 Å². The van der Waals surface area contributed by atoms with Crippen LogP contribution in [0.2, 0.25) is 0 Å². The highest BCUT2D eigenvalue weighted by Gasteiger charge is 2.60. The molecule has 0 radical (unpaired) electrons. The molecule has 1 N–H and O–H groups in total. The van der Waals surface area contributed by atoms with Crippen molar-refractivity contribution >= 4 is 0 Å². The molecule has 2 bridgehead atoms. The highest BCUT2D eigenvalue weighted by Crippen LogP contribution is 2.58. The third-order valence-electron chi connectivity index (χ3n) is 5.34. The Bertz CT molecular complexity index is 273. The van der Waals surface area contributed by atoms with Gasteiger partial charge in [0.1, 0.15) is 0 Å². The van der Waals surface area contributed by atoms with Crippen molar-refractivity contribution in [1.82, 2.24) is 4.90 Å². The molecule has 3 rings (SSSR count). The molecule has 1 heterocycles. The number of hydrogen-bond acceptors (Lipinski definition) is 3. The Morgan fingerprint density at radius 3 is 2.31 bits per heavy atom. The normalized spacial score (nSPS) is 47.4. The first-order chi connectivity index (χ1) is 7.62. The lowest BCUT2D eigenvalue weighted by atomic mass is 9.81. The lowest BCUT2D eigenvalue weighted by molar-refractivity contribution is -0.0400. The molecular formula is C13H23NO2. The zero-order valence-electron chi connectivity index (χ0n) is 10.4. The van der Waals surface area contributed by atoms with E-state index >= 15 is 0 Å². The fourth-order valence-electron chi connectivity index (χ4n) is 4.42. The summed E-state index contributed by atoms with van der Waals surface area (Å²) in [5, 5.41) is 10.5. The van der Waals surface area contributed by atoms with Gasteiger partial charge in [0, 0.05) is 19.1 Å². The van der Waals surface area contributed by atoms with Crippen molar-refractivity contribution in [2.75, 3.05) is 26.3 Å². The van der Waals surface area contributed by atoms with Crippen molar-refractivity contribution in [2.45, 2.75) is 38.8 Å². The lowest BCUT2D eigenvalue weighted by Gasteiger charge is -2.39. The molecule has 0 aromatic carbocycles. The summed E-state index contributed by atoms with van der Waals surface area (Å²) in [6.07, 6.45) is 2.42. The molecule has 0 spiro atoms. The van der Waals surface area contributed by atoms with Crippen LogP contribution >= 0.6 is 0 Å². The van der Waals surface area contributed by atoms with E-state index in [9.17, 15) is 5.11 Å². The van der Waals surface area contributed by atoms with E-state index in [1.807, 2.05) is 0 Å². The average Bonchev–Trinajstić information content (AvgIpc) is 2.66. The predicted molar refractivity (Wildman–Crippen MR) is 62.2 cm³/mol. The molecule has 3 fully saturated rings. The van der Waals surface area contributed by atoms with Gasteiger partial charge in [0.15, 0.2) is 0 Å². The van der Waals surface area contributed by atoms with Crippen molar-refractivity contribution in [3.63, 3.8) is 0 Å². The molecule has 0 unspecified atom stereocenters. The van der Waals surface area contributed by atoms with E-state index in [4.69, 9.17) is 4.74 Å². The van der Waals surface area contributed by atoms with Crippen LogP contribution in [0.1, 0.15) is 26.7 Å². The summed E-state index contributed by atoms with van der Waals surface area (Å²) >= 11 is 0. The number of nitrogens with zero attached hydrogens (tertiary/aromatic N) is 1. The maximum absolute atomic E-state index is 10.5. The molecule has 1 aliphatic heterocycles. The molecule has 3 nitrogen and oxygen atoms in total. The second-order valence-electron chi connectivity index (χ2n) is 6.24. The van der Waals surface area contributed by atoms with E-state index in [0.29, 0.717) is 23.3 Å². The molecule has 16 heavy (non-hydrogen) atoms. The number of hydrogen-bond donors (Lipinski definition) is 1. The second-order valence-corrected chi connectivity index (χ2v) is 6.24. The maximum Gasteiger partial charge on any atom is 0.0731 e. The minimum atomic E-state index is -0.105. The first-order valence-corrected chi connectivity index (χ1v) is 6.62. The Hall–Kier alpha value is -0.120. The molecule has 0 amide bonds. The maximum atomic E-state index is 10.5. The summed E-state index contributed by atoms with van der Waals surface area (Å²) in [5.74, 6) is 1.20. The van der Waals surface area contributed by atoms with Gasteiger partial charge in [-0.2, -0.15) is 0 Å². The van der Waals surface area contributed by atoms with E-state index in [1.165, 1.54) is 12.8 Å². The topological polar surface area (TPSA) is 32.7 Å². The first-order valence-electron chi connectivity index (χ1n) is 6.62. The summed E-state index contributed by atoms with van der Waals surface area (Å²) in [6, 6.07) is 0.401. The van der Waals surface area contributed by atoms with Crippen LogP contribution in [0.4, 0.5) is 0 Å². The van der Waals surface area contributed by atoms with Gasteiger partial charge in [-0.05, 0) is 30.1 Å². The monoisotopic (exact) mass is 225 g/mol. The quantitative estimate of drug-likeness (QED) is 0.726. The van der Waals surface area contributed by atoms with E-state index in [-0.39, 0.29) is 6.10 Å². The van der Waals surface area contributed by atoms with Gasteiger partial charge >= 0.3 is 0 Å².